The van der Waals surface area contributed by atoms with Gasteiger partial charge in [0.25, 0.3) is 5.91 Å². The number of carboxylic acid groups (broad SMARTS) is 1. The topological polar surface area (TPSA) is 66.8 Å². The number of hydrogen-bond acceptors (Lipinski definition) is 3. The van der Waals surface area contributed by atoms with E-state index in [-0.39, 0.29) is 18.2 Å². The zero-order valence-electron chi connectivity index (χ0n) is 15.3. The van der Waals surface area contributed by atoms with Crippen LogP contribution in [0.15, 0.2) is 54.6 Å². The lowest BCUT2D eigenvalue weighted by Gasteiger charge is -2.33. The van der Waals surface area contributed by atoms with Crippen molar-refractivity contribution in [3.8, 4) is 5.75 Å². The van der Waals surface area contributed by atoms with E-state index in [0.29, 0.717) is 37.4 Å². The largest absolute Gasteiger partial charge is 0.488 e. The van der Waals surface area contributed by atoms with Crippen molar-refractivity contribution >= 4 is 11.9 Å². The number of rotatable bonds is 7. The van der Waals surface area contributed by atoms with Crippen molar-refractivity contribution in [1.82, 2.24) is 4.90 Å². The van der Waals surface area contributed by atoms with Crippen molar-refractivity contribution in [3.63, 3.8) is 0 Å². The molecule has 5 heteroatoms. The Morgan fingerprint density at radius 3 is 2.59 bits per heavy atom. The van der Waals surface area contributed by atoms with Gasteiger partial charge in [-0.1, -0.05) is 42.5 Å². The van der Waals surface area contributed by atoms with Crippen molar-refractivity contribution in [2.24, 2.45) is 5.92 Å². The Labute approximate surface area is 159 Å². The molecular formula is C22H25NO4. The number of likely N-dealkylation sites (tertiary alicyclic amines) is 1. The van der Waals surface area contributed by atoms with Gasteiger partial charge in [0, 0.05) is 19.5 Å². The SMILES string of the molecule is O=C(O)CC[C@@H]1CCCN(C(=O)c2ccccc2OCc2ccccc2)C1. The molecule has 1 aliphatic heterocycles. The molecule has 5 nitrogen and oxygen atoms in total. The minimum absolute atomic E-state index is 0.0429. The minimum Gasteiger partial charge on any atom is -0.488 e. The summed E-state index contributed by atoms with van der Waals surface area (Å²) >= 11 is 0. The first-order valence-corrected chi connectivity index (χ1v) is 9.40. The van der Waals surface area contributed by atoms with Gasteiger partial charge in [-0.15, -0.1) is 0 Å². The van der Waals surface area contributed by atoms with Crippen molar-refractivity contribution in [2.45, 2.75) is 32.3 Å². The molecule has 2 aromatic carbocycles. The van der Waals surface area contributed by atoms with Gasteiger partial charge in [-0.2, -0.15) is 0 Å². The summed E-state index contributed by atoms with van der Waals surface area (Å²) in [4.78, 5) is 25.7. The highest BCUT2D eigenvalue weighted by Gasteiger charge is 2.26. The molecule has 1 amide bonds. The monoisotopic (exact) mass is 367 g/mol. The van der Waals surface area contributed by atoms with Crippen LogP contribution < -0.4 is 4.74 Å². The van der Waals surface area contributed by atoms with Crippen molar-refractivity contribution < 1.29 is 19.4 Å². The molecule has 1 atom stereocenters. The summed E-state index contributed by atoms with van der Waals surface area (Å²) in [5.74, 6) is 0.00649. The number of carbonyl (C=O) groups is 2. The average molecular weight is 367 g/mol. The van der Waals surface area contributed by atoms with E-state index in [0.717, 1.165) is 18.4 Å². The van der Waals surface area contributed by atoms with Crippen LogP contribution in [0.3, 0.4) is 0 Å². The van der Waals surface area contributed by atoms with Crippen LogP contribution in [0.25, 0.3) is 0 Å². The number of nitrogens with zero attached hydrogens (tertiary/aromatic N) is 1. The Bertz CT molecular complexity index is 775. The molecule has 0 unspecified atom stereocenters. The fraction of sp³-hybridized carbons (Fsp3) is 0.364. The first-order valence-electron chi connectivity index (χ1n) is 9.40. The van der Waals surface area contributed by atoms with Gasteiger partial charge < -0.3 is 14.7 Å². The van der Waals surface area contributed by atoms with Crippen LogP contribution in [0, 0.1) is 5.92 Å². The van der Waals surface area contributed by atoms with E-state index in [2.05, 4.69) is 0 Å². The second-order valence-corrected chi connectivity index (χ2v) is 6.96. The third-order valence-electron chi connectivity index (χ3n) is 4.93. The van der Waals surface area contributed by atoms with Crippen LogP contribution >= 0.6 is 0 Å². The van der Waals surface area contributed by atoms with E-state index >= 15 is 0 Å². The summed E-state index contributed by atoms with van der Waals surface area (Å²) < 4.78 is 5.92. The fourth-order valence-electron chi connectivity index (χ4n) is 3.49. The summed E-state index contributed by atoms with van der Waals surface area (Å²) in [6.45, 7) is 1.72. The quantitative estimate of drug-likeness (QED) is 0.804. The maximum atomic E-state index is 13.0. The molecule has 0 bridgehead atoms. The normalized spacial score (nSPS) is 16.7. The first kappa shape index (κ1) is 19.0. The molecular weight excluding hydrogens is 342 g/mol. The van der Waals surface area contributed by atoms with Crippen molar-refractivity contribution in [1.29, 1.82) is 0 Å². The summed E-state index contributed by atoms with van der Waals surface area (Å²) in [7, 11) is 0. The van der Waals surface area contributed by atoms with E-state index in [1.807, 2.05) is 53.4 Å². The predicted octanol–water partition coefficient (Wildman–Crippen LogP) is 3.98. The number of piperidine rings is 1. The minimum atomic E-state index is -0.780. The van der Waals surface area contributed by atoms with Crippen LogP contribution in [0.5, 0.6) is 5.75 Å². The van der Waals surface area contributed by atoms with Gasteiger partial charge in [0.2, 0.25) is 0 Å². The summed E-state index contributed by atoms with van der Waals surface area (Å²) in [5.41, 5.74) is 1.61. The Kier molecular flexibility index (Phi) is 6.47. The van der Waals surface area contributed by atoms with Gasteiger partial charge in [0.05, 0.1) is 5.56 Å². The highest BCUT2D eigenvalue weighted by Crippen LogP contribution is 2.26. The van der Waals surface area contributed by atoms with Crippen LogP contribution in [0.2, 0.25) is 0 Å². The average Bonchev–Trinajstić information content (AvgIpc) is 2.71. The standard InChI is InChI=1S/C22H25NO4/c24-21(25)13-12-17-9-6-14-23(15-17)22(26)19-10-4-5-11-20(19)27-16-18-7-2-1-3-8-18/h1-5,7-8,10-11,17H,6,9,12-16H2,(H,24,25)/t17-/m0/s1. The molecule has 142 valence electrons. The van der Waals surface area contributed by atoms with Gasteiger partial charge in [-0.25, -0.2) is 0 Å². The second kappa shape index (κ2) is 9.21. The zero-order chi connectivity index (χ0) is 19.1. The fourth-order valence-corrected chi connectivity index (χ4v) is 3.49. The lowest BCUT2D eigenvalue weighted by molar-refractivity contribution is -0.137. The molecule has 1 saturated heterocycles. The predicted molar refractivity (Wildman–Crippen MR) is 103 cm³/mol. The molecule has 0 saturated carbocycles. The zero-order valence-corrected chi connectivity index (χ0v) is 15.3. The Morgan fingerprint density at radius 1 is 1.07 bits per heavy atom. The molecule has 1 N–H and O–H groups in total. The third kappa shape index (κ3) is 5.33. The molecule has 1 aliphatic rings. The second-order valence-electron chi connectivity index (χ2n) is 6.96. The molecule has 0 aromatic heterocycles. The van der Waals surface area contributed by atoms with Gasteiger partial charge in [-0.3, -0.25) is 9.59 Å². The first-order chi connectivity index (χ1) is 13.1. The van der Waals surface area contributed by atoms with Gasteiger partial charge in [-0.05, 0) is 42.9 Å². The van der Waals surface area contributed by atoms with Crippen LogP contribution in [-0.4, -0.2) is 35.0 Å². The van der Waals surface area contributed by atoms with Crippen LogP contribution in [0.4, 0.5) is 0 Å². The number of benzene rings is 2. The smallest absolute Gasteiger partial charge is 0.303 e. The number of carbonyl (C=O) groups excluding carboxylic acids is 1. The van der Waals surface area contributed by atoms with Crippen LogP contribution in [-0.2, 0) is 11.4 Å². The Balaban J connectivity index is 1.66. The lowest BCUT2D eigenvalue weighted by Crippen LogP contribution is -2.40. The lowest BCUT2D eigenvalue weighted by atomic mass is 9.93. The van der Waals surface area contributed by atoms with E-state index in [9.17, 15) is 9.59 Å². The molecule has 3 rings (SSSR count). The number of hydrogen-bond donors (Lipinski definition) is 1. The molecule has 0 spiro atoms. The summed E-state index contributed by atoms with van der Waals surface area (Å²) in [5, 5.41) is 8.89. The van der Waals surface area contributed by atoms with E-state index in [4.69, 9.17) is 9.84 Å². The van der Waals surface area contributed by atoms with Gasteiger partial charge >= 0.3 is 5.97 Å². The number of para-hydroxylation sites is 1. The van der Waals surface area contributed by atoms with Crippen molar-refractivity contribution in [3.05, 3.63) is 65.7 Å². The highest BCUT2D eigenvalue weighted by atomic mass is 16.5. The molecule has 1 fully saturated rings. The molecule has 1 heterocycles. The number of amides is 1. The maximum absolute atomic E-state index is 13.0. The van der Waals surface area contributed by atoms with E-state index in [1.165, 1.54) is 0 Å². The molecule has 0 aliphatic carbocycles. The Hall–Kier alpha value is -2.82. The number of carboxylic acids is 1. The molecule has 2 aromatic rings. The number of ether oxygens (including phenoxy) is 1. The van der Waals surface area contributed by atoms with E-state index in [1.54, 1.807) is 6.07 Å². The third-order valence-corrected chi connectivity index (χ3v) is 4.93. The van der Waals surface area contributed by atoms with Crippen molar-refractivity contribution in [2.75, 3.05) is 13.1 Å². The van der Waals surface area contributed by atoms with Crippen LogP contribution in [0.1, 0.15) is 41.6 Å². The van der Waals surface area contributed by atoms with E-state index < -0.39 is 5.97 Å². The summed E-state index contributed by atoms with van der Waals surface area (Å²) in [6, 6.07) is 17.2. The number of aliphatic carboxylic acids is 1. The highest BCUT2D eigenvalue weighted by molar-refractivity contribution is 5.97. The Morgan fingerprint density at radius 2 is 1.81 bits per heavy atom. The van der Waals surface area contributed by atoms with Gasteiger partial charge in [0.1, 0.15) is 12.4 Å². The van der Waals surface area contributed by atoms with Gasteiger partial charge in [0.15, 0.2) is 0 Å². The maximum Gasteiger partial charge on any atom is 0.303 e. The summed E-state index contributed by atoms with van der Waals surface area (Å²) in [6.07, 6.45) is 2.65. The molecule has 0 radical (unpaired) electrons. The molecule has 27 heavy (non-hydrogen) atoms.